The first-order valence-electron chi connectivity index (χ1n) is 4.33. The Morgan fingerprint density at radius 2 is 2.29 bits per heavy atom. The molecule has 2 N–H and O–H groups in total. The predicted molar refractivity (Wildman–Crippen MR) is 62.6 cm³/mol. The van der Waals surface area contributed by atoms with Crippen molar-refractivity contribution in [2.75, 3.05) is 5.73 Å². The summed E-state index contributed by atoms with van der Waals surface area (Å²) >= 11 is 3.39. The first-order chi connectivity index (χ1) is 6.69. The molecule has 0 saturated heterocycles. The standard InChI is InChI=1S/C11H11BrN2/c1-2-9-6-8(4-3-5-13)7-10(12)11(9)14/h3-4,6-7H,2,14H2,1H3. The molecule has 0 aliphatic carbocycles. The fourth-order valence-corrected chi connectivity index (χ4v) is 1.74. The van der Waals surface area contributed by atoms with Crippen molar-refractivity contribution < 1.29 is 0 Å². The Hall–Kier alpha value is -1.27. The lowest BCUT2D eigenvalue weighted by Gasteiger charge is -2.06. The van der Waals surface area contributed by atoms with Crippen molar-refractivity contribution in [1.29, 1.82) is 5.26 Å². The highest BCUT2D eigenvalue weighted by atomic mass is 79.9. The van der Waals surface area contributed by atoms with E-state index in [4.69, 9.17) is 11.0 Å². The highest BCUT2D eigenvalue weighted by Gasteiger charge is 2.02. The third-order valence-electron chi connectivity index (χ3n) is 1.97. The summed E-state index contributed by atoms with van der Waals surface area (Å²) < 4.78 is 0.884. The number of nitrogens with two attached hydrogens (primary N) is 1. The van der Waals surface area contributed by atoms with E-state index in [1.54, 1.807) is 6.08 Å². The van der Waals surface area contributed by atoms with Crippen LogP contribution in [0.1, 0.15) is 18.1 Å². The minimum atomic E-state index is 0.779. The monoisotopic (exact) mass is 250 g/mol. The second-order valence-electron chi connectivity index (χ2n) is 2.89. The molecule has 0 amide bonds. The average Bonchev–Trinajstić information content (AvgIpc) is 2.19. The van der Waals surface area contributed by atoms with Crippen LogP contribution in [0.3, 0.4) is 0 Å². The molecule has 72 valence electrons. The van der Waals surface area contributed by atoms with Crippen LogP contribution in [0.5, 0.6) is 0 Å². The van der Waals surface area contributed by atoms with Crippen LogP contribution in [0, 0.1) is 11.3 Å². The van der Waals surface area contributed by atoms with Gasteiger partial charge in [0.1, 0.15) is 0 Å². The maximum atomic E-state index is 8.40. The normalized spacial score (nSPS) is 10.4. The van der Waals surface area contributed by atoms with E-state index in [-0.39, 0.29) is 0 Å². The van der Waals surface area contributed by atoms with E-state index >= 15 is 0 Å². The van der Waals surface area contributed by atoms with Gasteiger partial charge in [-0.1, -0.05) is 6.92 Å². The Morgan fingerprint density at radius 3 is 2.86 bits per heavy atom. The summed E-state index contributed by atoms with van der Waals surface area (Å²) in [4.78, 5) is 0. The van der Waals surface area contributed by atoms with E-state index in [0.717, 1.165) is 27.7 Å². The molecule has 0 spiro atoms. The number of nitrogen functional groups attached to an aromatic ring is 1. The van der Waals surface area contributed by atoms with E-state index in [2.05, 4.69) is 22.9 Å². The average molecular weight is 251 g/mol. The maximum Gasteiger partial charge on any atom is 0.0912 e. The van der Waals surface area contributed by atoms with Crippen molar-refractivity contribution in [3.8, 4) is 6.07 Å². The zero-order valence-corrected chi connectivity index (χ0v) is 9.51. The van der Waals surface area contributed by atoms with Crippen LogP contribution < -0.4 is 5.73 Å². The van der Waals surface area contributed by atoms with Gasteiger partial charge in [0.15, 0.2) is 0 Å². The second-order valence-corrected chi connectivity index (χ2v) is 3.75. The van der Waals surface area contributed by atoms with E-state index in [0.29, 0.717) is 0 Å². The summed E-state index contributed by atoms with van der Waals surface area (Å²) in [5, 5.41) is 8.40. The summed E-state index contributed by atoms with van der Waals surface area (Å²) in [6.07, 6.45) is 4.11. The Kier molecular flexibility index (Phi) is 3.73. The fourth-order valence-electron chi connectivity index (χ4n) is 1.22. The van der Waals surface area contributed by atoms with Gasteiger partial charge in [-0.25, -0.2) is 0 Å². The molecule has 1 rings (SSSR count). The lowest BCUT2D eigenvalue weighted by molar-refractivity contribution is 1.14. The molecule has 3 heteroatoms. The summed E-state index contributed by atoms with van der Waals surface area (Å²) in [5.41, 5.74) is 8.72. The van der Waals surface area contributed by atoms with Gasteiger partial charge < -0.3 is 5.73 Å². The van der Waals surface area contributed by atoms with Crippen LogP contribution in [0.4, 0.5) is 5.69 Å². The fraction of sp³-hybridized carbons (Fsp3) is 0.182. The largest absolute Gasteiger partial charge is 0.398 e. The van der Waals surface area contributed by atoms with Crippen molar-refractivity contribution in [1.82, 2.24) is 0 Å². The van der Waals surface area contributed by atoms with Crippen LogP contribution in [-0.2, 0) is 6.42 Å². The van der Waals surface area contributed by atoms with Gasteiger partial charge in [0, 0.05) is 16.2 Å². The molecule has 2 nitrogen and oxygen atoms in total. The third kappa shape index (κ3) is 2.36. The van der Waals surface area contributed by atoms with Crippen LogP contribution in [-0.4, -0.2) is 0 Å². The first kappa shape index (κ1) is 10.8. The quantitative estimate of drug-likeness (QED) is 0.648. The zero-order chi connectivity index (χ0) is 10.6. The van der Waals surface area contributed by atoms with Gasteiger partial charge in [0.05, 0.1) is 6.07 Å². The molecule has 0 aliphatic rings. The number of nitriles is 1. The van der Waals surface area contributed by atoms with Crippen molar-refractivity contribution in [3.05, 3.63) is 33.8 Å². The topological polar surface area (TPSA) is 49.8 Å². The smallest absolute Gasteiger partial charge is 0.0912 e. The maximum absolute atomic E-state index is 8.40. The second kappa shape index (κ2) is 4.83. The van der Waals surface area contributed by atoms with Crippen molar-refractivity contribution in [2.24, 2.45) is 0 Å². The number of halogens is 1. The van der Waals surface area contributed by atoms with Crippen molar-refractivity contribution >= 4 is 27.7 Å². The van der Waals surface area contributed by atoms with Crippen molar-refractivity contribution in [3.63, 3.8) is 0 Å². The molecule has 1 aromatic carbocycles. The number of hydrogen-bond acceptors (Lipinski definition) is 2. The molecule has 14 heavy (non-hydrogen) atoms. The number of benzene rings is 1. The third-order valence-corrected chi connectivity index (χ3v) is 2.62. The number of aryl methyl sites for hydroxylation is 1. The van der Waals surface area contributed by atoms with E-state index in [1.165, 1.54) is 6.08 Å². The number of rotatable bonds is 2. The Balaban J connectivity index is 3.17. The minimum absolute atomic E-state index is 0.779. The highest BCUT2D eigenvalue weighted by Crippen LogP contribution is 2.26. The molecule has 0 radical (unpaired) electrons. The zero-order valence-electron chi connectivity index (χ0n) is 7.92. The highest BCUT2D eigenvalue weighted by molar-refractivity contribution is 9.10. The van der Waals surface area contributed by atoms with Gasteiger partial charge in [-0.05, 0) is 51.7 Å². The number of anilines is 1. The molecule has 0 bridgehead atoms. The number of nitrogens with zero attached hydrogens (tertiary/aromatic N) is 1. The molecule has 0 atom stereocenters. The van der Waals surface area contributed by atoms with E-state index in [1.807, 2.05) is 18.2 Å². The van der Waals surface area contributed by atoms with Crippen LogP contribution in [0.15, 0.2) is 22.7 Å². The molecule has 0 aromatic heterocycles. The lowest BCUT2D eigenvalue weighted by Crippen LogP contribution is -1.94. The van der Waals surface area contributed by atoms with Crippen LogP contribution in [0.25, 0.3) is 6.08 Å². The van der Waals surface area contributed by atoms with Gasteiger partial charge in [0.2, 0.25) is 0 Å². The number of allylic oxidation sites excluding steroid dienone is 1. The number of hydrogen-bond donors (Lipinski definition) is 1. The van der Waals surface area contributed by atoms with E-state index in [9.17, 15) is 0 Å². The molecular weight excluding hydrogens is 240 g/mol. The molecule has 0 unspecified atom stereocenters. The minimum Gasteiger partial charge on any atom is -0.398 e. The molecule has 0 aliphatic heterocycles. The summed E-state index contributed by atoms with van der Waals surface area (Å²) in [7, 11) is 0. The Labute approximate surface area is 92.2 Å². The first-order valence-corrected chi connectivity index (χ1v) is 5.12. The molecule has 0 fully saturated rings. The molecule has 0 saturated carbocycles. The van der Waals surface area contributed by atoms with Gasteiger partial charge in [-0.3, -0.25) is 0 Å². The van der Waals surface area contributed by atoms with Crippen LogP contribution in [0.2, 0.25) is 0 Å². The SMILES string of the molecule is CCc1cc(C=CC#N)cc(Br)c1N. The summed E-state index contributed by atoms with van der Waals surface area (Å²) in [5.74, 6) is 0. The predicted octanol–water partition coefficient (Wildman–Crippen LogP) is 3.13. The summed E-state index contributed by atoms with van der Waals surface area (Å²) in [6, 6.07) is 5.86. The van der Waals surface area contributed by atoms with Crippen LogP contribution >= 0.6 is 15.9 Å². The summed E-state index contributed by atoms with van der Waals surface area (Å²) in [6.45, 7) is 2.05. The van der Waals surface area contributed by atoms with Gasteiger partial charge >= 0.3 is 0 Å². The van der Waals surface area contributed by atoms with Gasteiger partial charge in [0.25, 0.3) is 0 Å². The Bertz CT molecular complexity index is 402. The van der Waals surface area contributed by atoms with Crippen molar-refractivity contribution in [2.45, 2.75) is 13.3 Å². The Morgan fingerprint density at radius 1 is 1.57 bits per heavy atom. The van der Waals surface area contributed by atoms with Gasteiger partial charge in [-0.2, -0.15) is 5.26 Å². The van der Waals surface area contributed by atoms with E-state index < -0.39 is 0 Å². The molecule has 1 aromatic rings. The molecular formula is C11H11BrN2. The molecule has 0 heterocycles. The lowest BCUT2D eigenvalue weighted by atomic mass is 10.1. The van der Waals surface area contributed by atoms with Gasteiger partial charge in [-0.15, -0.1) is 0 Å².